The number of carbonyl (C=O) groups excluding carboxylic acids is 3. The van der Waals surface area contributed by atoms with Gasteiger partial charge in [-0.3, -0.25) is 14.4 Å². The molecule has 6 nitrogen and oxygen atoms in total. The first-order chi connectivity index (χ1) is 13.3. The summed E-state index contributed by atoms with van der Waals surface area (Å²) in [6, 6.07) is 0. The molecule has 0 N–H and O–H groups in total. The standard InChI is InChI=1S/C22H40O6/c1-7-17(8-2)26-20(23)13-16(14-21(24)27-18(9-3)10-4)15-22(25)28-19(11-5)12-6/h16-19H,7-15H2,1-6H3. The lowest BCUT2D eigenvalue weighted by atomic mass is 9.97. The first-order valence-electron chi connectivity index (χ1n) is 10.9. The Morgan fingerprint density at radius 2 is 0.714 bits per heavy atom. The zero-order chi connectivity index (χ0) is 21.5. The van der Waals surface area contributed by atoms with Gasteiger partial charge < -0.3 is 14.2 Å². The summed E-state index contributed by atoms with van der Waals surface area (Å²) in [5.74, 6) is -1.64. The van der Waals surface area contributed by atoms with Gasteiger partial charge in [0.1, 0.15) is 18.3 Å². The lowest BCUT2D eigenvalue weighted by molar-refractivity contribution is -0.155. The van der Waals surface area contributed by atoms with Crippen LogP contribution in [0.15, 0.2) is 0 Å². The molecule has 0 radical (unpaired) electrons. The Bertz CT molecular complexity index is 383. The van der Waals surface area contributed by atoms with Gasteiger partial charge in [0.25, 0.3) is 0 Å². The predicted molar refractivity (Wildman–Crippen MR) is 109 cm³/mol. The van der Waals surface area contributed by atoms with Crippen molar-refractivity contribution in [3.8, 4) is 0 Å². The molecule has 0 heterocycles. The van der Waals surface area contributed by atoms with Crippen LogP contribution in [-0.2, 0) is 28.6 Å². The van der Waals surface area contributed by atoms with Gasteiger partial charge in [-0.25, -0.2) is 0 Å². The molecule has 0 aliphatic rings. The fourth-order valence-corrected chi connectivity index (χ4v) is 2.99. The summed E-state index contributed by atoms with van der Waals surface area (Å²) in [6.07, 6.45) is 4.02. The van der Waals surface area contributed by atoms with Crippen molar-refractivity contribution in [2.45, 2.75) is 118 Å². The molecule has 0 aromatic rings. The van der Waals surface area contributed by atoms with E-state index in [0.717, 1.165) is 38.5 Å². The molecular weight excluding hydrogens is 360 g/mol. The van der Waals surface area contributed by atoms with E-state index in [2.05, 4.69) is 0 Å². The average molecular weight is 401 g/mol. The third-order valence-corrected chi connectivity index (χ3v) is 4.99. The number of carbonyl (C=O) groups is 3. The van der Waals surface area contributed by atoms with Crippen molar-refractivity contribution < 1.29 is 28.6 Å². The van der Waals surface area contributed by atoms with Gasteiger partial charge in [0.05, 0.1) is 0 Å². The van der Waals surface area contributed by atoms with Crippen LogP contribution in [-0.4, -0.2) is 36.2 Å². The molecule has 0 aliphatic heterocycles. The third kappa shape index (κ3) is 11.3. The van der Waals surface area contributed by atoms with Crippen molar-refractivity contribution in [1.29, 1.82) is 0 Å². The van der Waals surface area contributed by atoms with Crippen molar-refractivity contribution in [3.05, 3.63) is 0 Å². The maximum absolute atomic E-state index is 12.3. The minimum atomic E-state index is -0.481. The van der Waals surface area contributed by atoms with Crippen LogP contribution in [0.1, 0.15) is 99.3 Å². The second-order valence-electron chi connectivity index (χ2n) is 7.26. The van der Waals surface area contributed by atoms with E-state index in [1.807, 2.05) is 41.5 Å². The number of ether oxygens (including phenoxy) is 3. The Kier molecular flexibility index (Phi) is 14.5. The van der Waals surface area contributed by atoms with Crippen molar-refractivity contribution in [2.75, 3.05) is 0 Å². The molecule has 0 spiro atoms. The molecule has 28 heavy (non-hydrogen) atoms. The molecule has 6 heteroatoms. The molecule has 0 aromatic carbocycles. The van der Waals surface area contributed by atoms with Crippen LogP contribution in [0.2, 0.25) is 0 Å². The summed E-state index contributed by atoms with van der Waals surface area (Å²) >= 11 is 0. The number of hydrogen-bond donors (Lipinski definition) is 0. The molecule has 0 amide bonds. The second kappa shape index (κ2) is 15.3. The van der Waals surface area contributed by atoms with E-state index in [4.69, 9.17) is 14.2 Å². The largest absolute Gasteiger partial charge is 0.462 e. The fourth-order valence-electron chi connectivity index (χ4n) is 2.99. The third-order valence-electron chi connectivity index (χ3n) is 4.99. The molecule has 0 saturated heterocycles. The van der Waals surface area contributed by atoms with Gasteiger partial charge in [0.15, 0.2) is 0 Å². The summed E-state index contributed by atoms with van der Waals surface area (Å²) < 4.78 is 16.3. The van der Waals surface area contributed by atoms with Crippen LogP contribution < -0.4 is 0 Å². The molecule has 0 aromatic heterocycles. The summed E-state index contributed by atoms with van der Waals surface area (Å²) in [5, 5.41) is 0. The molecule has 0 unspecified atom stereocenters. The van der Waals surface area contributed by atoms with E-state index in [1.54, 1.807) is 0 Å². The van der Waals surface area contributed by atoms with Gasteiger partial charge >= 0.3 is 17.9 Å². The van der Waals surface area contributed by atoms with Crippen molar-refractivity contribution in [3.63, 3.8) is 0 Å². The molecule has 0 bridgehead atoms. The highest BCUT2D eigenvalue weighted by Gasteiger charge is 2.26. The van der Waals surface area contributed by atoms with Crippen LogP contribution in [0.25, 0.3) is 0 Å². The Hall–Kier alpha value is -1.59. The molecule has 0 saturated carbocycles. The molecule has 0 fully saturated rings. The SMILES string of the molecule is CCC(CC)OC(=O)CC(CC(=O)OC(CC)CC)CC(=O)OC(CC)CC. The van der Waals surface area contributed by atoms with E-state index >= 15 is 0 Å². The zero-order valence-electron chi connectivity index (χ0n) is 18.6. The lowest BCUT2D eigenvalue weighted by Gasteiger charge is -2.21. The van der Waals surface area contributed by atoms with E-state index < -0.39 is 5.92 Å². The average Bonchev–Trinajstić information content (AvgIpc) is 2.67. The molecule has 0 atom stereocenters. The molecule has 0 rings (SSSR count). The Morgan fingerprint density at radius 3 is 0.893 bits per heavy atom. The Balaban J connectivity index is 4.96. The highest BCUT2D eigenvalue weighted by Crippen LogP contribution is 2.20. The van der Waals surface area contributed by atoms with Gasteiger partial charge in [0, 0.05) is 19.3 Å². The zero-order valence-corrected chi connectivity index (χ0v) is 18.6. The van der Waals surface area contributed by atoms with E-state index in [9.17, 15) is 14.4 Å². The van der Waals surface area contributed by atoms with Crippen LogP contribution in [0.4, 0.5) is 0 Å². The lowest BCUT2D eigenvalue weighted by Crippen LogP contribution is -2.26. The van der Waals surface area contributed by atoms with Crippen molar-refractivity contribution in [1.82, 2.24) is 0 Å². The first kappa shape index (κ1) is 26.4. The maximum atomic E-state index is 12.3. The van der Waals surface area contributed by atoms with E-state index in [-0.39, 0.29) is 55.5 Å². The number of esters is 3. The fraction of sp³-hybridized carbons (Fsp3) is 0.864. The van der Waals surface area contributed by atoms with Gasteiger partial charge in [-0.05, 0) is 44.4 Å². The molecular formula is C22H40O6. The number of hydrogen-bond acceptors (Lipinski definition) is 6. The van der Waals surface area contributed by atoms with E-state index in [0.29, 0.717) is 0 Å². The van der Waals surface area contributed by atoms with Crippen LogP contribution in [0.5, 0.6) is 0 Å². The normalized spacial score (nSPS) is 11.4. The van der Waals surface area contributed by atoms with Crippen LogP contribution in [0.3, 0.4) is 0 Å². The van der Waals surface area contributed by atoms with Gasteiger partial charge in [-0.2, -0.15) is 0 Å². The van der Waals surface area contributed by atoms with E-state index in [1.165, 1.54) is 0 Å². The smallest absolute Gasteiger partial charge is 0.306 e. The van der Waals surface area contributed by atoms with Gasteiger partial charge in [-0.15, -0.1) is 0 Å². The summed E-state index contributed by atoms with van der Waals surface area (Å²) in [4.78, 5) is 36.9. The Morgan fingerprint density at radius 1 is 0.500 bits per heavy atom. The quantitative estimate of drug-likeness (QED) is 0.285. The topological polar surface area (TPSA) is 78.9 Å². The van der Waals surface area contributed by atoms with Crippen molar-refractivity contribution in [2.24, 2.45) is 5.92 Å². The van der Waals surface area contributed by atoms with Gasteiger partial charge in [0.2, 0.25) is 0 Å². The van der Waals surface area contributed by atoms with Gasteiger partial charge in [-0.1, -0.05) is 41.5 Å². The second-order valence-corrected chi connectivity index (χ2v) is 7.26. The minimum Gasteiger partial charge on any atom is -0.462 e. The molecule has 164 valence electrons. The maximum Gasteiger partial charge on any atom is 0.306 e. The highest BCUT2D eigenvalue weighted by atomic mass is 16.6. The predicted octanol–water partition coefficient (Wildman–Crippen LogP) is 4.97. The first-order valence-corrected chi connectivity index (χ1v) is 10.9. The van der Waals surface area contributed by atoms with Crippen LogP contribution in [0, 0.1) is 5.92 Å². The summed E-state index contributed by atoms with van der Waals surface area (Å²) in [6.45, 7) is 11.7. The monoisotopic (exact) mass is 400 g/mol. The summed E-state index contributed by atoms with van der Waals surface area (Å²) in [7, 11) is 0. The number of rotatable bonds is 15. The molecule has 0 aliphatic carbocycles. The Labute approximate surface area is 170 Å². The van der Waals surface area contributed by atoms with Crippen molar-refractivity contribution >= 4 is 17.9 Å². The summed E-state index contributed by atoms with van der Waals surface area (Å²) in [5.41, 5.74) is 0. The highest BCUT2D eigenvalue weighted by molar-refractivity contribution is 5.76. The van der Waals surface area contributed by atoms with Crippen LogP contribution >= 0.6 is 0 Å². The minimum absolute atomic E-state index is 0.00648.